The van der Waals surface area contributed by atoms with Crippen molar-refractivity contribution < 1.29 is 61.2 Å². The van der Waals surface area contributed by atoms with Crippen molar-refractivity contribution in [3.63, 3.8) is 0 Å². The van der Waals surface area contributed by atoms with Gasteiger partial charge < -0.3 is 27.2 Å². The minimum absolute atomic E-state index is 0. The van der Waals surface area contributed by atoms with E-state index in [0.717, 1.165) is 32.2 Å². The van der Waals surface area contributed by atoms with E-state index in [1.807, 2.05) is 17.0 Å². The Morgan fingerprint density at radius 1 is 1.29 bits per heavy atom. The number of carbonyl (C=O) groups is 2. The Labute approximate surface area is 197 Å². The Kier molecular flexibility index (Phi) is 15.7. The Morgan fingerprint density at radius 3 is 2.21 bits per heavy atom. The zero-order chi connectivity index (χ0) is 19.7. The van der Waals surface area contributed by atoms with Crippen LogP contribution in [0.15, 0.2) is 37.2 Å². The van der Waals surface area contributed by atoms with Gasteiger partial charge >= 0.3 is 29.6 Å². The maximum Gasteiger partial charge on any atom is 1.00 e. The molecule has 0 radical (unpaired) electrons. The molecule has 2 rings (SSSR count). The van der Waals surface area contributed by atoms with E-state index in [1.54, 1.807) is 17.0 Å². The van der Waals surface area contributed by atoms with Crippen molar-refractivity contribution >= 4 is 11.9 Å². The molecule has 1 aromatic rings. The van der Waals surface area contributed by atoms with Crippen molar-refractivity contribution in [2.75, 3.05) is 6.54 Å². The maximum atomic E-state index is 11.1. The molecule has 0 aliphatic carbocycles. The molecule has 1 saturated heterocycles. The number of nitrogens with zero attached hydrogens (tertiary/aromatic N) is 2. The summed E-state index contributed by atoms with van der Waals surface area (Å²) in [5, 5.41) is 10.8. The summed E-state index contributed by atoms with van der Waals surface area (Å²) in [7, 11) is 0. The Balaban J connectivity index is 0. The minimum Gasteiger partial charge on any atom is -1.00 e. The first-order valence-electron chi connectivity index (χ1n) is 9.49. The number of likely N-dealkylation sites (tertiary alicyclic amines) is 1. The normalized spacial score (nSPS) is 15.9. The van der Waals surface area contributed by atoms with Crippen molar-refractivity contribution in [3.05, 3.63) is 42.7 Å². The van der Waals surface area contributed by atoms with E-state index in [0.29, 0.717) is 17.9 Å². The quantitative estimate of drug-likeness (QED) is 0.261. The summed E-state index contributed by atoms with van der Waals surface area (Å²) in [5.74, 6) is -0.314. The van der Waals surface area contributed by atoms with Crippen molar-refractivity contribution in [2.45, 2.75) is 71.4 Å². The molecule has 1 aliphatic heterocycles. The second kappa shape index (κ2) is 15.0. The number of hydrogen-bond donors (Lipinski definition) is 0. The van der Waals surface area contributed by atoms with Crippen LogP contribution < -0.4 is 51.6 Å². The largest absolute Gasteiger partial charge is 1.00 e. The number of rotatable bonds is 7. The third-order valence-corrected chi connectivity index (χ3v) is 5.08. The van der Waals surface area contributed by atoms with E-state index in [4.69, 9.17) is 0 Å². The van der Waals surface area contributed by atoms with E-state index >= 15 is 0 Å². The molecule has 7 heteroatoms. The van der Waals surface area contributed by atoms with E-state index in [-0.39, 0.29) is 42.0 Å². The number of aromatic nitrogens is 1. The van der Waals surface area contributed by atoms with Crippen LogP contribution in [0.1, 0.15) is 70.9 Å². The topological polar surface area (TPSA) is 64.3 Å². The fourth-order valence-electron chi connectivity index (χ4n) is 2.89. The zero-order valence-electron chi connectivity index (χ0n) is 17.9. The molecule has 5 nitrogen and oxygen atoms in total. The third kappa shape index (κ3) is 8.64. The maximum absolute atomic E-state index is 11.1. The van der Waals surface area contributed by atoms with Gasteiger partial charge in [0.05, 0.1) is 0 Å². The second-order valence-electron chi connectivity index (χ2n) is 6.84. The van der Waals surface area contributed by atoms with Gasteiger partial charge in [0.1, 0.15) is 5.97 Å². The van der Waals surface area contributed by atoms with Gasteiger partial charge in [-0.1, -0.05) is 27.4 Å². The van der Waals surface area contributed by atoms with Crippen LogP contribution in [0.25, 0.3) is 0 Å². The summed E-state index contributed by atoms with van der Waals surface area (Å²) in [6.07, 6.45) is 8.83. The van der Waals surface area contributed by atoms with E-state index in [2.05, 4.69) is 34.3 Å². The summed E-state index contributed by atoms with van der Waals surface area (Å²) in [4.78, 5) is 23.9. The summed E-state index contributed by atoms with van der Waals surface area (Å²) in [6, 6.07) is 3.53. The number of carbonyl (C=O) groups excluding carboxylic acids is 2. The molecule has 0 aromatic carbocycles. The van der Waals surface area contributed by atoms with Crippen LogP contribution in [0, 0.1) is 0 Å². The van der Waals surface area contributed by atoms with Gasteiger partial charge in [-0.25, -0.2) is 0 Å². The first kappa shape index (κ1) is 29.3. The Bertz CT molecular complexity index is 610. The van der Waals surface area contributed by atoms with E-state index < -0.39 is 12.0 Å². The number of hydrogen-bond acceptors (Lipinski definition) is 3. The van der Waals surface area contributed by atoms with Crippen molar-refractivity contribution in [3.8, 4) is 0 Å². The van der Waals surface area contributed by atoms with Gasteiger partial charge in [-0.2, -0.15) is 4.57 Å². The van der Waals surface area contributed by atoms with Gasteiger partial charge in [-0.3, -0.25) is 4.79 Å². The van der Waals surface area contributed by atoms with Crippen LogP contribution in [0.3, 0.4) is 0 Å². The first-order chi connectivity index (χ1) is 12.3. The molecule has 1 aliphatic rings. The molecule has 152 valence electrons. The van der Waals surface area contributed by atoms with Gasteiger partial charge in [0, 0.05) is 31.1 Å². The summed E-state index contributed by atoms with van der Waals surface area (Å²) >= 11 is 0. The van der Waals surface area contributed by atoms with E-state index in [9.17, 15) is 14.7 Å². The first-order valence-corrected chi connectivity index (χ1v) is 9.49. The van der Waals surface area contributed by atoms with Gasteiger partial charge in [-0.15, -0.1) is 0 Å². The van der Waals surface area contributed by atoms with Crippen LogP contribution in [0.2, 0.25) is 0 Å². The van der Waals surface area contributed by atoms with Crippen LogP contribution in [0.4, 0.5) is 0 Å². The van der Waals surface area contributed by atoms with Crippen molar-refractivity contribution in [1.29, 1.82) is 0 Å². The van der Waals surface area contributed by atoms with Gasteiger partial charge in [0.2, 0.25) is 11.9 Å². The fraction of sp³-hybridized carbons (Fsp3) is 0.571. The molecule has 1 aromatic heterocycles. The fourth-order valence-corrected chi connectivity index (χ4v) is 2.89. The average molecular weight is 419 g/mol. The minimum atomic E-state index is -1.14. The van der Waals surface area contributed by atoms with E-state index in [1.165, 1.54) is 11.6 Å². The average Bonchev–Trinajstić information content (AvgIpc) is 3.08. The number of pyridine rings is 1. The third-order valence-electron chi connectivity index (χ3n) is 5.08. The second-order valence-corrected chi connectivity index (χ2v) is 6.84. The molecule has 2 heterocycles. The molecule has 1 amide bonds. The van der Waals surface area contributed by atoms with Crippen LogP contribution >= 0.6 is 0 Å². The number of carboxylic acid groups (broad SMARTS) is 1. The monoisotopic (exact) mass is 418 g/mol. The SMILES string of the molecule is C=CC(C(=O)[O-])[n+]1ccc(C(C)CC)cc1.CCC(C)N1CCCC1=O.[Cl-].[Na+]. The van der Waals surface area contributed by atoms with Crippen molar-refractivity contribution in [1.82, 2.24) is 4.90 Å². The smallest absolute Gasteiger partial charge is 1.00 e. The predicted octanol–water partition coefficient (Wildman–Crippen LogP) is -3.62. The number of halogens is 1. The Hall–Kier alpha value is -0.880. The molecule has 28 heavy (non-hydrogen) atoms. The number of aliphatic carboxylic acids is 1. The molecule has 0 saturated carbocycles. The van der Waals surface area contributed by atoms with Gasteiger partial charge in [0.15, 0.2) is 12.4 Å². The summed E-state index contributed by atoms with van der Waals surface area (Å²) in [5.41, 5.74) is 1.21. The predicted molar refractivity (Wildman–Crippen MR) is 100 cm³/mol. The molecular weight excluding hydrogens is 387 g/mol. The molecule has 0 spiro atoms. The summed E-state index contributed by atoms with van der Waals surface area (Å²) < 4.78 is 1.58. The van der Waals surface area contributed by atoms with Crippen LogP contribution in [0.5, 0.6) is 0 Å². The van der Waals surface area contributed by atoms with Gasteiger partial charge in [-0.05, 0) is 43.7 Å². The molecule has 3 atom stereocenters. The molecule has 0 N–H and O–H groups in total. The zero-order valence-corrected chi connectivity index (χ0v) is 20.6. The van der Waals surface area contributed by atoms with Crippen LogP contribution in [-0.2, 0) is 9.59 Å². The van der Waals surface area contributed by atoms with Crippen molar-refractivity contribution in [2.24, 2.45) is 0 Å². The Morgan fingerprint density at radius 2 is 1.86 bits per heavy atom. The van der Waals surface area contributed by atoms with Gasteiger partial charge in [0.25, 0.3) is 0 Å². The molecule has 3 unspecified atom stereocenters. The standard InChI is InChI=1S/C13H17NO2.C8H15NO.ClH.Na/c1-4-10(3)11-6-8-14(9-7-11)12(5-2)13(15)16;1-3-7(2)9-6-4-5-8(9)10;;/h5-10,12H,2,4H2,1,3H3;7H,3-6H2,1-2H3;1H;/q;;;+1/p-1. The summed E-state index contributed by atoms with van der Waals surface area (Å²) in [6.45, 7) is 13.0. The molecular formula is C21H32ClN2NaO3. The number of carboxylic acids is 1. The molecule has 0 bridgehead atoms. The van der Waals surface area contributed by atoms with Crippen LogP contribution in [-0.4, -0.2) is 29.4 Å². The number of amides is 1. The molecule has 1 fully saturated rings.